The minimum absolute atomic E-state index is 0.185. The van der Waals surface area contributed by atoms with Crippen molar-refractivity contribution in [2.75, 3.05) is 10.6 Å². The van der Waals surface area contributed by atoms with E-state index in [-0.39, 0.29) is 12.5 Å². The average Bonchev–Trinajstić information content (AvgIpc) is 2.75. The van der Waals surface area contributed by atoms with Gasteiger partial charge in [0.15, 0.2) is 0 Å². The lowest BCUT2D eigenvalue weighted by molar-refractivity contribution is -0.117. The van der Waals surface area contributed by atoms with Crippen LogP contribution in [0.3, 0.4) is 0 Å². The molecule has 9 heteroatoms. The number of nitrogens with two attached hydrogens (primary N) is 1. The number of hydrogen-bond donors (Lipinski definition) is 3. The molecule has 2 aromatic carbocycles. The number of aryl methyl sites for hydroxylation is 1. The van der Waals surface area contributed by atoms with Gasteiger partial charge in [-0.05, 0) is 48.4 Å². The predicted octanol–water partition coefficient (Wildman–Crippen LogP) is 2.17. The number of carbonyl (C=O) groups is 3. The molecule has 0 atom stereocenters. The summed E-state index contributed by atoms with van der Waals surface area (Å²) >= 11 is 0. The zero-order chi connectivity index (χ0) is 23.3. The molecule has 0 saturated heterocycles. The molecule has 4 N–H and O–H groups in total. The summed E-state index contributed by atoms with van der Waals surface area (Å²) in [5, 5.41) is 9.76. The minimum Gasteiger partial charge on any atom is -0.366 e. The molecule has 0 fully saturated rings. The van der Waals surface area contributed by atoms with Crippen LogP contribution >= 0.6 is 0 Å². The van der Waals surface area contributed by atoms with E-state index < -0.39 is 17.4 Å². The number of nitrogens with zero attached hydrogens (tertiary/aromatic N) is 2. The van der Waals surface area contributed by atoms with Crippen LogP contribution in [0.1, 0.15) is 29.8 Å². The first-order valence-electron chi connectivity index (χ1n) is 9.95. The molecule has 32 heavy (non-hydrogen) atoms. The molecule has 0 bridgehead atoms. The van der Waals surface area contributed by atoms with Gasteiger partial charge in [0.2, 0.25) is 17.7 Å². The summed E-state index contributed by atoms with van der Waals surface area (Å²) in [7, 11) is 0. The van der Waals surface area contributed by atoms with Gasteiger partial charge in [-0.25, -0.2) is 4.68 Å². The Hall–Kier alpha value is -4.27. The van der Waals surface area contributed by atoms with E-state index in [1.165, 1.54) is 25.1 Å². The molecule has 0 radical (unpaired) electrons. The van der Waals surface area contributed by atoms with Gasteiger partial charge in [0.05, 0.1) is 5.69 Å². The summed E-state index contributed by atoms with van der Waals surface area (Å²) in [6.45, 7) is 3.12. The number of aromatic nitrogens is 2. The summed E-state index contributed by atoms with van der Waals surface area (Å²) < 4.78 is 1.06. The smallest absolute Gasteiger partial charge is 0.267 e. The van der Waals surface area contributed by atoms with Crippen molar-refractivity contribution in [3.05, 3.63) is 76.1 Å². The second-order valence-corrected chi connectivity index (χ2v) is 7.11. The molecule has 0 aliphatic carbocycles. The van der Waals surface area contributed by atoms with E-state index in [0.717, 1.165) is 16.7 Å². The van der Waals surface area contributed by atoms with Gasteiger partial charge in [0, 0.05) is 35.5 Å². The molecule has 1 heterocycles. The Kier molecular flexibility index (Phi) is 6.79. The number of rotatable bonds is 7. The molecular weight excluding hydrogens is 410 g/mol. The lowest BCUT2D eigenvalue weighted by Crippen LogP contribution is -2.29. The fourth-order valence-corrected chi connectivity index (χ4v) is 3.12. The van der Waals surface area contributed by atoms with Crippen LogP contribution in [-0.2, 0) is 22.6 Å². The molecule has 0 aliphatic rings. The standard InChI is InChI=1S/C23H23N5O4/c1-3-15-4-5-17(12-20(15)25-14(2)29)19-10-11-22(31)28(27-19)13-21(30)26-18-8-6-16(7-9-18)23(24)32/h4-12H,3,13H2,1-2H3,(H2,24,32)(H,25,29)(H,26,30). The first-order valence-corrected chi connectivity index (χ1v) is 9.95. The number of anilines is 2. The Morgan fingerprint density at radius 2 is 1.72 bits per heavy atom. The van der Waals surface area contributed by atoms with Gasteiger partial charge in [-0.1, -0.05) is 19.1 Å². The normalized spacial score (nSPS) is 10.4. The Morgan fingerprint density at radius 3 is 2.34 bits per heavy atom. The third-order valence-electron chi connectivity index (χ3n) is 4.71. The first-order chi connectivity index (χ1) is 15.3. The lowest BCUT2D eigenvalue weighted by Gasteiger charge is -2.12. The van der Waals surface area contributed by atoms with E-state index in [1.807, 2.05) is 19.1 Å². The van der Waals surface area contributed by atoms with Crippen molar-refractivity contribution in [3.8, 4) is 11.3 Å². The third-order valence-corrected chi connectivity index (χ3v) is 4.71. The van der Waals surface area contributed by atoms with Crippen molar-refractivity contribution < 1.29 is 14.4 Å². The van der Waals surface area contributed by atoms with E-state index >= 15 is 0 Å². The van der Waals surface area contributed by atoms with Gasteiger partial charge in [0.25, 0.3) is 5.56 Å². The van der Waals surface area contributed by atoms with Crippen LogP contribution in [0.15, 0.2) is 59.4 Å². The van der Waals surface area contributed by atoms with Gasteiger partial charge in [-0.2, -0.15) is 5.10 Å². The van der Waals surface area contributed by atoms with Crippen molar-refractivity contribution in [1.82, 2.24) is 9.78 Å². The van der Waals surface area contributed by atoms with Crippen molar-refractivity contribution in [2.45, 2.75) is 26.8 Å². The molecule has 9 nitrogen and oxygen atoms in total. The molecule has 3 rings (SSSR count). The third kappa shape index (κ3) is 5.45. The van der Waals surface area contributed by atoms with Crippen LogP contribution in [0.4, 0.5) is 11.4 Å². The first kappa shape index (κ1) is 22.4. The maximum Gasteiger partial charge on any atom is 0.267 e. The Bertz CT molecular complexity index is 1230. The van der Waals surface area contributed by atoms with Gasteiger partial charge in [-0.3, -0.25) is 19.2 Å². The lowest BCUT2D eigenvalue weighted by atomic mass is 10.0. The summed E-state index contributed by atoms with van der Waals surface area (Å²) in [6, 6.07) is 14.5. The molecule has 0 saturated carbocycles. The number of amides is 3. The van der Waals surface area contributed by atoms with Gasteiger partial charge < -0.3 is 16.4 Å². The largest absolute Gasteiger partial charge is 0.366 e. The second kappa shape index (κ2) is 9.69. The van der Waals surface area contributed by atoms with Crippen LogP contribution in [0.2, 0.25) is 0 Å². The molecule has 3 aromatic rings. The van der Waals surface area contributed by atoms with Gasteiger partial charge >= 0.3 is 0 Å². The van der Waals surface area contributed by atoms with E-state index in [0.29, 0.717) is 28.2 Å². The molecule has 0 spiro atoms. The van der Waals surface area contributed by atoms with Crippen LogP contribution in [0.5, 0.6) is 0 Å². The molecule has 1 aromatic heterocycles. The molecule has 164 valence electrons. The highest BCUT2D eigenvalue weighted by molar-refractivity contribution is 5.94. The van der Waals surface area contributed by atoms with E-state index in [9.17, 15) is 19.2 Å². The van der Waals surface area contributed by atoms with Gasteiger partial charge in [-0.15, -0.1) is 0 Å². The predicted molar refractivity (Wildman–Crippen MR) is 121 cm³/mol. The highest BCUT2D eigenvalue weighted by Crippen LogP contribution is 2.24. The Morgan fingerprint density at radius 1 is 1.00 bits per heavy atom. The quantitative estimate of drug-likeness (QED) is 0.525. The zero-order valence-corrected chi connectivity index (χ0v) is 17.7. The Balaban J connectivity index is 1.81. The fraction of sp³-hybridized carbons (Fsp3) is 0.174. The van der Waals surface area contributed by atoms with Crippen LogP contribution in [0.25, 0.3) is 11.3 Å². The maximum atomic E-state index is 12.4. The summed E-state index contributed by atoms with van der Waals surface area (Å²) in [5.41, 5.74) is 8.38. The van der Waals surface area contributed by atoms with Crippen LogP contribution in [0, 0.1) is 0 Å². The molecule has 0 unspecified atom stereocenters. The monoisotopic (exact) mass is 433 g/mol. The van der Waals surface area contributed by atoms with Crippen molar-refractivity contribution in [2.24, 2.45) is 5.73 Å². The number of primary amides is 1. The Labute approximate surface area is 184 Å². The number of carbonyl (C=O) groups excluding carboxylic acids is 3. The summed E-state index contributed by atoms with van der Waals surface area (Å²) in [5.74, 6) is -1.21. The highest BCUT2D eigenvalue weighted by atomic mass is 16.2. The average molecular weight is 433 g/mol. The van der Waals surface area contributed by atoms with E-state index in [2.05, 4.69) is 15.7 Å². The van der Waals surface area contributed by atoms with Gasteiger partial charge in [0.1, 0.15) is 6.54 Å². The van der Waals surface area contributed by atoms with E-state index in [4.69, 9.17) is 5.73 Å². The molecule has 3 amide bonds. The summed E-state index contributed by atoms with van der Waals surface area (Å²) in [6.07, 6.45) is 0.739. The number of nitrogens with one attached hydrogen (secondary N) is 2. The van der Waals surface area contributed by atoms with Crippen LogP contribution < -0.4 is 21.9 Å². The fourth-order valence-electron chi connectivity index (χ4n) is 3.12. The van der Waals surface area contributed by atoms with E-state index in [1.54, 1.807) is 24.3 Å². The topological polar surface area (TPSA) is 136 Å². The molecule has 0 aliphatic heterocycles. The highest BCUT2D eigenvalue weighted by Gasteiger charge is 2.11. The number of hydrogen-bond acceptors (Lipinski definition) is 5. The van der Waals surface area contributed by atoms with Crippen molar-refractivity contribution >= 4 is 29.1 Å². The SMILES string of the molecule is CCc1ccc(-c2ccc(=O)n(CC(=O)Nc3ccc(C(N)=O)cc3)n2)cc1NC(C)=O. The second-order valence-electron chi connectivity index (χ2n) is 7.11. The summed E-state index contributed by atoms with van der Waals surface area (Å²) in [4.78, 5) is 47.3. The maximum absolute atomic E-state index is 12.4. The minimum atomic E-state index is -0.566. The van der Waals surface area contributed by atoms with Crippen molar-refractivity contribution in [3.63, 3.8) is 0 Å². The molecular formula is C23H23N5O4. The zero-order valence-electron chi connectivity index (χ0n) is 17.7. The number of benzene rings is 2. The van der Waals surface area contributed by atoms with Crippen molar-refractivity contribution in [1.29, 1.82) is 0 Å². The van der Waals surface area contributed by atoms with Crippen LogP contribution in [-0.4, -0.2) is 27.5 Å².